The van der Waals surface area contributed by atoms with Gasteiger partial charge in [0.25, 0.3) is 16.7 Å². The third kappa shape index (κ3) is 15.4. The SMILES string of the molecule is COP(O)(=S)OC1C[C@H](n2cc(C)c(=O)[nH]c2=O)O[C@@H]1COP(=O)(S)OC1C[C@H](n2cnc3c(=O)[nH]c(N)nc32)O[C@@H]1COP(O)(=S)OC1[C@@H]2O[C@@H](C)[C@]1(COP(O)(=S)OC1[C@@H]3O[C@@H](C)[C@]1(COP(O)(=S)OC1[C@@H]4O[C@@H](C)[C@]1(CO)O[C@H]4n1cc(C)c(N)nc1=O)O[C@H]3n1cc(C)c(=O)[nH]c1=O)O[C@H]2n1cnc2c(N)ncnc21. The molecule has 6 bridgehead atoms. The maximum Gasteiger partial charge on any atom is 0.386 e. The molecule has 8 aliphatic heterocycles. The molecule has 8 fully saturated rings. The summed E-state index contributed by atoms with van der Waals surface area (Å²) in [4.78, 5) is 158. The van der Waals surface area contributed by atoms with E-state index in [1.807, 2.05) is 0 Å². The van der Waals surface area contributed by atoms with Gasteiger partial charge in [-0.15, -0.1) is 0 Å². The molecule has 622 valence electrons. The molecular weight excluding hydrogens is 1720 g/mol. The van der Waals surface area contributed by atoms with Gasteiger partial charge in [-0.25, -0.2) is 38.9 Å². The van der Waals surface area contributed by atoms with Gasteiger partial charge in [0.15, 0.2) is 41.3 Å². The standard InChI is InChI=1S/C57H74N17O30P5S5/c1-21-10-71(52(79)65-41(21)58)48-35-38(55(15-75,97-48)24(4)92-35)102-108(85,113)90-16-56-25(5)93-36(49(98-56)72-12-23(3)46(77)69-54(72)81)39(56)104-109(86,114)91-17-57-26(6)94-37(50(99-57)74-20-63-33-42(59)61-18-62-43(33)74)40(57)103-107(84,112)89-14-30-28(9-32(96-30)73-19-64-34-44(73)66-51(60)67-47(34)78)101-106(83,111)88-13-29-27(100-105(82,110)87-7)8-31(95-29)70-11-22(2)45(76)68-53(70)80/h10-12,18-20,24-32,35-40,48-50,75H,8-9,13-17H2,1-7H3,(H,82,110)(H,83,111)(H,84,112)(H,85,113)(H,86,114)(H2,58,65,79)(H2,59,61,62)(H,68,76,80)(H,69,77,81)(H3,60,66,67,78)/t24-,25-,26-,27?,28?,29+,30+,31+,32+,35-,36-,37-,38?,39?,40?,48+,49+,50+,55-,56-,57-,105?,106?,107?,108?,109?/m0/s1. The van der Waals surface area contributed by atoms with Crippen LogP contribution in [0.1, 0.15) is 81.4 Å². The molecule has 0 spiro atoms. The number of aromatic amines is 3. The largest absolute Gasteiger partial charge is 0.393 e. The van der Waals surface area contributed by atoms with E-state index in [0.29, 0.717) is 5.56 Å². The minimum absolute atomic E-state index is 0.0246. The lowest BCUT2D eigenvalue weighted by Gasteiger charge is -2.38. The number of fused-ring (bicyclic) bond motifs is 8. The highest BCUT2D eigenvalue weighted by Crippen LogP contribution is 2.64. The number of H-pyrrole nitrogens is 3. The quantitative estimate of drug-likeness (QED) is 0.0203. The Balaban J connectivity index is 0.696. The number of nitrogens with two attached hydrogens (primary N) is 3. The lowest BCUT2D eigenvalue weighted by atomic mass is 9.94. The first kappa shape index (κ1) is 83.8. The van der Waals surface area contributed by atoms with Crippen molar-refractivity contribution in [1.82, 2.24) is 67.7 Å². The van der Waals surface area contributed by atoms with Gasteiger partial charge in [0, 0.05) is 55.2 Å². The van der Waals surface area contributed by atoms with Gasteiger partial charge in [-0.05, 0) is 88.8 Å². The summed E-state index contributed by atoms with van der Waals surface area (Å²) in [6.07, 6.45) is -16.8. The Kier molecular flexibility index (Phi) is 22.7. The first-order chi connectivity index (χ1) is 53.6. The number of aromatic nitrogens is 14. The highest BCUT2D eigenvalue weighted by atomic mass is 32.7. The molecule has 57 heteroatoms. The zero-order chi connectivity index (χ0) is 81.8. The van der Waals surface area contributed by atoms with Crippen LogP contribution in [0, 0.1) is 20.8 Å². The minimum Gasteiger partial charge on any atom is -0.393 e. The van der Waals surface area contributed by atoms with Crippen LogP contribution < -0.4 is 50.9 Å². The number of hydrogen-bond donors (Lipinski definition) is 12. The average Bonchev–Trinajstić information content (AvgIpc) is 2.09. The summed E-state index contributed by atoms with van der Waals surface area (Å²) in [5, 5.41) is 11.0. The van der Waals surface area contributed by atoms with Crippen molar-refractivity contribution in [2.24, 2.45) is 0 Å². The van der Waals surface area contributed by atoms with Crippen LogP contribution in [0.4, 0.5) is 17.6 Å². The van der Waals surface area contributed by atoms with Crippen LogP contribution >= 0.6 is 45.9 Å². The molecule has 7 aromatic heterocycles. The van der Waals surface area contributed by atoms with Gasteiger partial charge in [-0.3, -0.25) is 74.8 Å². The van der Waals surface area contributed by atoms with Crippen LogP contribution in [0.5, 0.6) is 0 Å². The molecule has 8 aliphatic rings. The van der Waals surface area contributed by atoms with E-state index in [4.69, 9.17) is 148 Å². The van der Waals surface area contributed by atoms with E-state index in [2.05, 4.69) is 57.1 Å². The Morgan fingerprint density at radius 2 is 1.02 bits per heavy atom. The number of ether oxygens (including phenoxy) is 8. The summed E-state index contributed by atoms with van der Waals surface area (Å²) >= 11 is 26.7. The fraction of sp³-hybridized carbons (Fsp3) is 0.614. The van der Waals surface area contributed by atoms with E-state index in [9.17, 15) is 58.0 Å². The summed E-state index contributed by atoms with van der Waals surface area (Å²) in [5.41, 5.74) is 8.11. The van der Waals surface area contributed by atoms with Gasteiger partial charge in [0.05, 0.1) is 70.1 Å². The maximum absolute atomic E-state index is 14.6. The summed E-state index contributed by atoms with van der Waals surface area (Å²) in [6, 6.07) is 0. The molecule has 0 amide bonds. The number of aliphatic hydroxyl groups is 1. The number of anilines is 3. The maximum atomic E-state index is 14.6. The van der Waals surface area contributed by atoms with Gasteiger partial charge in [0.2, 0.25) is 5.95 Å². The van der Waals surface area contributed by atoms with E-state index in [1.54, 1.807) is 13.8 Å². The Labute approximate surface area is 665 Å². The van der Waals surface area contributed by atoms with Crippen LogP contribution in [0.2, 0.25) is 0 Å². The van der Waals surface area contributed by atoms with Crippen molar-refractivity contribution in [2.75, 3.05) is 57.3 Å². The van der Waals surface area contributed by atoms with Crippen LogP contribution in [-0.2, 0) is 135 Å². The van der Waals surface area contributed by atoms with Gasteiger partial charge < -0.3 is 102 Å². The molecule has 15 rings (SSSR count). The minimum atomic E-state index is -4.88. The lowest BCUT2D eigenvalue weighted by molar-refractivity contribution is -0.219. The number of imidazole rings is 2. The molecule has 8 saturated heterocycles. The smallest absolute Gasteiger partial charge is 0.386 e. The highest BCUT2D eigenvalue weighted by Gasteiger charge is 2.72. The molecule has 0 aliphatic carbocycles. The normalized spacial score (nSPS) is 35.0. The Morgan fingerprint density at radius 1 is 0.544 bits per heavy atom. The van der Waals surface area contributed by atoms with Gasteiger partial charge in [0.1, 0.15) is 102 Å². The summed E-state index contributed by atoms with van der Waals surface area (Å²) < 4.78 is 133. The molecular formula is C57H74N17O30P5S5. The van der Waals surface area contributed by atoms with Crippen LogP contribution in [0.25, 0.3) is 22.3 Å². The van der Waals surface area contributed by atoms with E-state index in [0.717, 1.165) is 27.1 Å². The van der Waals surface area contributed by atoms with Gasteiger partial charge >= 0.3 is 50.7 Å². The first-order valence-corrected chi connectivity index (χ1v) is 47.4. The van der Waals surface area contributed by atoms with Crippen molar-refractivity contribution in [1.29, 1.82) is 0 Å². The van der Waals surface area contributed by atoms with Crippen molar-refractivity contribution >= 4 is 133 Å². The number of aryl methyl sites for hydroxylation is 3. The number of nitrogen functional groups attached to an aromatic ring is 3. The second kappa shape index (κ2) is 30.8. The van der Waals surface area contributed by atoms with Crippen molar-refractivity contribution < 1.29 is 112 Å². The van der Waals surface area contributed by atoms with Crippen LogP contribution in [0.3, 0.4) is 0 Å². The molecule has 14 N–H and O–H groups in total. The van der Waals surface area contributed by atoms with Crippen molar-refractivity contribution in [2.45, 2.75) is 182 Å². The van der Waals surface area contributed by atoms with Crippen molar-refractivity contribution in [3.63, 3.8) is 0 Å². The number of thiol groups is 1. The van der Waals surface area contributed by atoms with Crippen LogP contribution in [-0.4, -0.2) is 229 Å². The molecule has 0 aromatic carbocycles. The molecule has 47 nitrogen and oxygen atoms in total. The molecule has 26 atom stereocenters. The summed E-state index contributed by atoms with van der Waals surface area (Å²) in [7, 11) is 1.10. The predicted molar refractivity (Wildman–Crippen MR) is 406 cm³/mol. The highest BCUT2D eigenvalue weighted by molar-refractivity contribution is 8.44. The topological polar surface area (TPSA) is 614 Å². The fourth-order valence-corrected chi connectivity index (χ4v) is 21.9. The average molecular weight is 1790 g/mol. The molecule has 0 saturated carbocycles. The van der Waals surface area contributed by atoms with Crippen molar-refractivity contribution in [3.05, 3.63) is 117 Å². The number of nitrogens with one attached hydrogen (secondary N) is 3. The fourth-order valence-electron chi connectivity index (χ4n) is 15.1. The van der Waals surface area contributed by atoms with Crippen LogP contribution in [0.15, 0.2) is 66.3 Å². The van der Waals surface area contributed by atoms with Crippen molar-refractivity contribution in [3.8, 4) is 0 Å². The molecule has 114 heavy (non-hydrogen) atoms. The Bertz CT molecular complexity index is 5630. The van der Waals surface area contributed by atoms with Gasteiger partial charge in [-0.2, -0.15) is 9.97 Å². The van der Waals surface area contributed by atoms with E-state index in [1.165, 1.54) is 68.1 Å². The number of rotatable bonds is 29. The second-order valence-electron chi connectivity index (χ2n) is 27.9. The zero-order valence-electron chi connectivity index (χ0n) is 60.2. The second-order valence-corrected chi connectivity index (χ2v) is 42.0. The van der Waals surface area contributed by atoms with E-state index in [-0.39, 0.29) is 63.9 Å². The molecule has 15 heterocycles. The molecule has 0 radical (unpaired) electrons. The zero-order valence-corrected chi connectivity index (χ0v) is 68.8. The summed E-state index contributed by atoms with van der Waals surface area (Å²) in [6.45, 7) is -17.8. The summed E-state index contributed by atoms with van der Waals surface area (Å²) in [5.74, 6) is -0.367. The van der Waals surface area contributed by atoms with E-state index >= 15 is 0 Å². The number of hydrogen-bond acceptors (Lipinski definition) is 39. The lowest BCUT2D eigenvalue weighted by Crippen LogP contribution is -2.52. The first-order valence-electron chi connectivity index (χ1n) is 34.3. The Morgan fingerprint density at radius 3 is 1.60 bits per heavy atom. The number of aliphatic hydroxyl groups excluding tert-OH is 1. The number of nitrogens with zero attached hydrogens (tertiary/aromatic N) is 11. The van der Waals surface area contributed by atoms with E-state index < -0.39 is 228 Å². The molecule has 7 aromatic rings. The molecule has 10 unspecified atom stereocenters. The van der Waals surface area contributed by atoms with Gasteiger partial charge in [-0.1, -0.05) is 12.2 Å². The monoisotopic (exact) mass is 1790 g/mol. The predicted octanol–water partition coefficient (Wildman–Crippen LogP) is -0.735. The third-order valence-corrected chi connectivity index (χ3v) is 28.9. The Hall–Kier alpha value is -5.20. The third-order valence-electron chi connectivity index (χ3n) is 20.9.